The van der Waals surface area contributed by atoms with Gasteiger partial charge >= 0.3 is 5.97 Å². The predicted molar refractivity (Wildman–Crippen MR) is 86.0 cm³/mol. The minimum absolute atomic E-state index is 0.133. The molecular formula is C16H18FN3O4. The highest BCUT2D eigenvalue weighted by Crippen LogP contribution is 2.29. The molecule has 1 amide bonds. The van der Waals surface area contributed by atoms with Crippen LogP contribution in [0.25, 0.3) is 10.9 Å². The van der Waals surface area contributed by atoms with E-state index in [0.29, 0.717) is 27.8 Å². The Morgan fingerprint density at radius 2 is 2.12 bits per heavy atom. The maximum Gasteiger partial charge on any atom is 0.307 e. The van der Waals surface area contributed by atoms with Crippen molar-refractivity contribution < 1.29 is 23.8 Å². The average molecular weight is 335 g/mol. The molecule has 0 aliphatic heterocycles. The molecule has 3 N–H and O–H groups in total. The number of benzene rings is 1. The standard InChI is InChI=1S/C16H18FN3O4/c1-9-11(8-15(22)23)16(20-19-14(21)5-6-24-2)12-7-10(17)3-4-13(12)18-9/h3-4,7H,5-6,8H2,1-2H3,(H,18,20)(H,19,21)(H,22,23). The van der Waals surface area contributed by atoms with Gasteiger partial charge in [-0.05, 0) is 25.1 Å². The summed E-state index contributed by atoms with van der Waals surface area (Å²) in [4.78, 5) is 27.2. The molecule has 0 fully saturated rings. The first-order chi connectivity index (χ1) is 11.4. The maximum atomic E-state index is 13.6. The van der Waals surface area contributed by atoms with Gasteiger partial charge < -0.3 is 9.84 Å². The molecule has 0 unspecified atom stereocenters. The number of aryl methyl sites for hydroxylation is 1. The van der Waals surface area contributed by atoms with E-state index in [1.54, 1.807) is 6.92 Å². The molecule has 1 aromatic carbocycles. The highest BCUT2D eigenvalue weighted by Gasteiger charge is 2.16. The molecule has 2 aromatic rings. The van der Waals surface area contributed by atoms with Crippen molar-refractivity contribution in [3.8, 4) is 0 Å². The first-order valence-electron chi connectivity index (χ1n) is 7.26. The number of methoxy groups -OCH3 is 1. The predicted octanol–water partition coefficient (Wildman–Crippen LogP) is 1.79. The fourth-order valence-corrected chi connectivity index (χ4v) is 2.30. The number of nitrogens with zero attached hydrogens (tertiary/aromatic N) is 1. The fraction of sp³-hybridized carbons (Fsp3) is 0.312. The summed E-state index contributed by atoms with van der Waals surface area (Å²) in [6, 6.07) is 4.02. The van der Waals surface area contributed by atoms with Gasteiger partial charge in [0.2, 0.25) is 5.91 Å². The van der Waals surface area contributed by atoms with E-state index in [9.17, 15) is 14.0 Å². The number of anilines is 1. The summed E-state index contributed by atoms with van der Waals surface area (Å²) in [5, 5.41) is 9.50. The van der Waals surface area contributed by atoms with Gasteiger partial charge in [0.15, 0.2) is 0 Å². The second kappa shape index (κ2) is 7.69. The van der Waals surface area contributed by atoms with E-state index in [1.807, 2.05) is 0 Å². The van der Waals surface area contributed by atoms with Crippen LogP contribution in [-0.2, 0) is 20.7 Å². The molecule has 2 rings (SSSR count). The van der Waals surface area contributed by atoms with Crippen LogP contribution in [0.1, 0.15) is 17.7 Å². The Labute approximate surface area is 137 Å². The minimum Gasteiger partial charge on any atom is -0.481 e. The molecule has 0 bridgehead atoms. The van der Waals surface area contributed by atoms with Crippen molar-refractivity contribution in [1.82, 2.24) is 10.4 Å². The Morgan fingerprint density at radius 1 is 1.38 bits per heavy atom. The Kier molecular flexibility index (Phi) is 5.64. The molecule has 7 nitrogen and oxygen atoms in total. The molecule has 0 atom stereocenters. The number of aromatic nitrogens is 1. The van der Waals surface area contributed by atoms with E-state index in [-0.39, 0.29) is 25.4 Å². The Hall–Kier alpha value is -2.74. The van der Waals surface area contributed by atoms with Crippen molar-refractivity contribution in [2.24, 2.45) is 0 Å². The van der Waals surface area contributed by atoms with E-state index in [0.717, 1.165) is 0 Å². The Bertz CT molecular complexity index is 779. The summed E-state index contributed by atoms with van der Waals surface area (Å²) in [6.07, 6.45) is -0.171. The Morgan fingerprint density at radius 3 is 2.79 bits per heavy atom. The molecule has 0 aliphatic carbocycles. The van der Waals surface area contributed by atoms with Crippen LogP contribution < -0.4 is 10.9 Å². The van der Waals surface area contributed by atoms with Crippen LogP contribution in [0.5, 0.6) is 0 Å². The number of carboxylic acid groups (broad SMARTS) is 1. The zero-order chi connectivity index (χ0) is 17.7. The third-order valence-corrected chi connectivity index (χ3v) is 3.44. The van der Waals surface area contributed by atoms with Crippen LogP contribution in [0.3, 0.4) is 0 Å². The monoisotopic (exact) mass is 335 g/mol. The fourth-order valence-electron chi connectivity index (χ4n) is 2.30. The number of nitrogens with one attached hydrogen (secondary N) is 2. The second-order valence-corrected chi connectivity index (χ2v) is 5.20. The number of hydrogen-bond acceptors (Lipinski definition) is 5. The molecule has 24 heavy (non-hydrogen) atoms. The third-order valence-electron chi connectivity index (χ3n) is 3.44. The normalized spacial score (nSPS) is 10.6. The average Bonchev–Trinajstić information content (AvgIpc) is 2.53. The lowest BCUT2D eigenvalue weighted by Gasteiger charge is -2.17. The number of ether oxygens (including phenoxy) is 1. The number of carbonyl (C=O) groups excluding carboxylic acids is 1. The van der Waals surface area contributed by atoms with Gasteiger partial charge in [0.05, 0.1) is 30.7 Å². The highest BCUT2D eigenvalue weighted by molar-refractivity contribution is 5.95. The van der Waals surface area contributed by atoms with E-state index in [4.69, 9.17) is 9.84 Å². The van der Waals surface area contributed by atoms with E-state index < -0.39 is 11.8 Å². The maximum absolute atomic E-state index is 13.6. The van der Waals surface area contributed by atoms with Gasteiger partial charge in [-0.15, -0.1) is 0 Å². The SMILES string of the molecule is COCCC(=O)NNc1c(CC(=O)O)c(C)nc2ccc(F)cc12. The topological polar surface area (TPSA) is 101 Å². The molecule has 0 saturated heterocycles. The summed E-state index contributed by atoms with van der Waals surface area (Å²) in [7, 11) is 1.48. The molecular weight excluding hydrogens is 317 g/mol. The summed E-state index contributed by atoms with van der Waals surface area (Å²) in [5.74, 6) is -1.87. The summed E-state index contributed by atoms with van der Waals surface area (Å²) in [6.45, 7) is 1.92. The number of pyridine rings is 1. The molecule has 0 spiro atoms. The highest BCUT2D eigenvalue weighted by atomic mass is 19.1. The van der Waals surface area contributed by atoms with E-state index in [2.05, 4.69) is 15.8 Å². The molecule has 8 heteroatoms. The number of amides is 1. The van der Waals surface area contributed by atoms with Crippen LogP contribution in [-0.4, -0.2) is 35.7 Å². The van der Waals surface area contributed by atoms with Crippen molar-refractivity contribution in [3.63, 3.8) is 0 Å². The number of halogens is 1. The van der Waals surface area contributed by atoms with Crippen LogP contribution in [0.15, 0.2) is 18.2 Å². The van der Waals surface area contributed by atoms with Gasteiger partial charge in [-0.2, -0.15) is 0 Å². The first-order valence-corrected chi connectivity index (χ1v) is 7.26. The summed E-state index contributed by atoms with van der Waals surface area (Å²) < 4.78 is 18.4. The number of fused-ring (bicyclic) bond motifs is 1. The molecule has 1 heterocycles. The molecule has 128 valence electrons. The summed E-state index contributed by atoms with van der Waals surface area (Å²) in [5.41, 5.74) is 6.88. The number of hydrazine groups is 1. The second-order valence-electron chi connectivity index (χ2n) is 5.20. The number of hydrogen-bond donors (Lipinski definition) is 3. The summed E-state index contributed by atoms with van der Waals surface area (Å²) >= 11 is 0. The molecule has 1 aromatic heterocycles. The first kappa shape index (κ1) is 17.6. The number of rotatable bonds is 7. The van der Waals surface area contributed by atoms with Crippen LogP contribution >= 0.6 is 0 Å². The van der Waals surface area contributed by atoms with Crippen molar-refractivity contribution in [2.45, 2.75) is 19.8 Å². The number of aliphatic carboxylic acids is 1. The van der Waals surface area contributed by atoms with Crippen LogP contribution in [0, 0.1) is 12.7 Å². The lowest BCUT2D eigenvalue weighted by Crippen LogP contribution is -2.31. The molecule has 0 aliphatic rings. The number of carbonyl (C=O) groups is 2. The lowest BCUT2D eigenvalue weighted by molar-refractivity contribution is -0.136. The minimum atomic E-state index is -1.05. The molecule has 0 saturated carbocycles. The van der Waals surface area contributed by atoms with Gasteiger partial charge in [-0.3, -0.25) is 25.4 Å². The quantitative estimate of drug-likeness (QED) is 0.667. The van der Waals surface area contributed by atoms with E-state index in [1.165, 1.54) is 25.3 Å². The third kappa shape index (κ3) is 4.17. The van der Waals surface area contributed by atoms with Crippen molar-refractivity contribution >= 4 is 28.5 Å². The van der Waals surface area contributed by atoms with Crippen LogP contribution in [0.2, 0.25) is 0 Å². The van der Waals surface area contributed by atoms with Gasteiger partial charge in [0.1, 0.15) is 5.82 Å². The zero-order valence-electron chi connectivity index (χ0n) is 13.4. The van der Waals surface area contributed by atoms with Crippen molar-refractivity contribution in [2.75, 3.05) is 19.1 Å². The van der Waals surface area contributed by atoms with Gasteiger partial charge in [0, 0.05) is 23.8 Å². The van der Waals surface area contributed by atoms with Crippen LogP contribution in [0.4, 0.5) is 10.1 Å². The molecule has 0 radical (unpaired) electrons. The van der Waals surface area contributed by atoms with Gasteiger partial charge in [0.25, 0.3) is 0 Å². The Balaban J connectivity index is 2.43. The largest absolute Gasteiger partial charge is 0.481 e. The van der Waals surface area contributed by atoms with Crippen molar-refractivity contribution in [3.05, 3.63) is 35.3 Å². The van der Waals surface area contributed by atoms with Gasteiger partial charge in [-0.25, -0.2) is 4.39 Å². The van der Waals surface area contributed by atoms with Crippen molar-refractivity contribution in [1.29, 1.82) is 0 Å². The smallest absolute Gasteiger partial charge is 0.307 e. The zero-order valence-corrected chi connectivity index (χ0v) is 13.4. The van der Waals surface area contributed by atoms with E-state index >= 15 is 0 Å². The van der Waals surface area contributed by atoms with Gasteiger partial charge in [-0.1, -0.05) is 0 Å². The number of carboxylic acids is 1. The lowest BCUT2D eigenvalue weighted by atomic mass is 10.0.